The number of hydrogen-bond donors (Lipinski definition) is 4. The molecule has 2 aromatic heterocycles. The van der Waals surface area contributed by atoms with E-state index >= 15 is 0 Å². The largest absolute Gasteiger partial charge is 0.481 e. The summed E-state index contributed by atoms with van der Waals surface area (Å²) in [5, 5.41) is 14.7. The van der Waals surface area contributed by atoms with Crippen LogP contribution in [0.5, 0.6) is 5.88 Å². The Morgan fingerprint density at radius 3 is 2.26 bits per heavy atom. The van der Waals surface area contributed by atoms with Gasteiger partial charge in [-0.2, -0.15) is 0 Å². The van der Waals surface area contributed by atoms with Gasteiger partial charge in [0.05, 0.1) is 17.8 Å². The van der Waals surface area contributed by atoms with Crippen LogP contribution >= 0.6 is 11.6 Å². The summed E-state index contributed by atoms with van der Waals surface area (Å²) in [7, 11) is 3.68. The highest BCUT2D eigenvalue weighted by Gasteiger charge is 2.21. The summed E-state index contributed by atoms with van der Waals surface area (Å²) in [6.07, 6.45) is 5.10. The Kier molecular flexibility index (Phi) is 8.65. The van der Waals surface area contributed by atoms with E-state index in [4.69, 9.17) is 21.3 Å². The number of aryl methyl sites for hydroxylation is 1. The highest BCUT2D eigenvalue weighted by molar-refractivity contribution is 6.36. The first-order chi connectivity index (χ1) is 20.9. The van der Waals surface area contributed by atoms with Gasteiger partial charge in [-0.05, 0) is 36.1 Å². The maximum absolute atomic E-state index is 11.5. The monoisotopic (exact) mass is 600 g/mol. The highest BCUT2D eigenvalue weighted by Crippen LogP contribution is 2.38. The molecule has 2 aliphatic rings. The Labute approximate surface area is 256 Å². The van der Waals surface area contributed by atoms with E-state index in [2.05, 4.69) is 57.3 Å². The van der Waals surface area contributed by atoms with E-state index in [0.717, 1.165) is 59.4 Å². The van der Waals surface area contributed by atoms with Crippen molar-refractivity contribution in [1.82, 2.24) is 30.8 Å². The van der Waals surface area contributed by atoms with E-state index in [1.807, 2.05) is 30.3 Å². The smallest absolute Gasteiger partial charge is 0.220 e. The fourth-order valence-corrected chi connectivity index (χ4v) is 6.41. The number of fused-ring (bicyclic) bond motifs is 1. The number of nitrogens with one attached hydrogen (secondary N) is 4. The molecule has 0 unspecified atom stereocenters. The van der Waals surface area contributed by atoms with Gasteiger partial charge in [-0.25, -0.2) is 4.98 Å². The van der Waals surface area contributed by atoms with Gasteiger partial charge in [0.15, 0.2) is 0 Å². The SMILES string of the molecule is COc1nc(-c2cccc(-c3ccc4c(CNC[C@@H]5CCC(=O)N5)cn(C)c4c3)c2Cl)ccc1CNC[C@@H]1CCC(=O)N1. The van der Waals surface area contributed by atoms with Gasteiger partial charge in [-0.15, -0.1) is 0 Å². The highest BCUT2D eigenvalue weighted by atomic mass is 35.5. The molecule has 0 spiro atoms. The number of aromatic nitrogens is 2. The minimum absolute atomic E-state index is 0.114. The Balaban J connectivity index is 1.18. The summed E-state index contributed by atoms with van der Waals surface area (Å²) in [5.74, 6) is 0.798. The quantitative estimate of drug-likeness (QED) is 0.204. The fourth-order valence-electron chi connectivity index (χ4n) is 6.08. The topological polar surface area (TPSA) is 109 Å². The average Bonchev–Trinajstić information content (AvgIpc) is 3.71. The summed E-state index contributed by atoms with van der Waals surface area (Å²) < 4.78 is 7.78. The molecule has 224 valence electrons. The molecule has 9 nitrogen and oxygen atoms in total. The lowest BCUT2D eigenvalue weighted by molar-refractivity contribution is -0.120. The van der Waals surface area contributed by atoms with Crippen LogP contribution in [-0.2, 0) is 29.7 Å². The summed E-state index contributed by atoms with van der Waals surface area (Å²) in [5.41, 5.74) is 6.81. The lowest BCUT2D eigenvalue weighted by Crippen LogP contribution is -2.35. The van der Waals surface area contributed by atoms with Crippen LogP contribution in [0.25, 0.3) is 33.3 Å². The zero-order chi connectivity index (χ0) is 29.9. The Bertz CT molecular complexity index is 1670. The number of hydrogen-bond acceptors (Lipinski definition) is 6. The first kappa shape index (κ1) is 29.2. The van der Waals surface area contributed by atoms with Crippen LogP contribution in [0.3, 0.4) is 0 Å². The van der Waals surface area contributed by atoms with Crippen molar-refractivity contribution in [3.63, 3.8) is 0 Å². The molecule has 2 atom stereocenters. The van der Waals surface area contributed by atoms with Gasteiger partial charge in [0.2, 0.25) is 17.7 Å². The molecule has 2 fully saturated rings. The predicted octanol–water partition coefficient (Wildman–Crippen LogP) is 4.31. The van der Waals surface area contributed by atoms with Gasteiger partial charge >= 0.3 is 0 Å². The van der Waals surface area contributed by atoms with E-state index in [0.29, 0.717) is 36.8 Å². The van der Waals surface area contributed by atoms with Gasteiger partial charge in [0, 0.05) is 91.9 Å². The van der Waals surface area contributed by atoms with E-state index < -0.39 is 0 Å². The zero-order valence-electron chi connectivity index (χ0n) is 24.5. The molecule has 2 aromatic carbocycles. The van der Waals surface area contributed by atoms with Crippen molar-refractivity contribution in [2.75, 3.05) is 20.2 Å². The van der Waals surface area contributed by atoms with Crippen molar-refractivity contribution in [2.45, 2.75) is 50.9 Å². The second-order valence-electron chi connectivity index (χ2n) is 11.4. The molecule has 4 N–H and O–H groups in total. The van der Waals surface area contributed by atoms with Crippen LogP contribution in [0.2, 0.25) is 5.02 Å². The Morgan fingerprint density at radius 1 is 0.930 bits per heavy atom. The predicted molar refractivity (Wildman–Crippen MR) is 169 cm³/mol. The lowest BCUT2D eigenvalue weighted by Gasteiger charge is -2.15. The van der Waals surface area contributed by atoms with E-state index in [1.165, 1.54) is 10.9 Å². The molecule has 2 amide bonds. The first-order valence-corrected chi connectivity index (χ1v) is 15.2. The second kappa shape index (κ2) is 12.8. The molecule has 2 aliphatic heterocycles. The second-order valence-corrected chi connectivity index (χ2v) is 11.8. The van der Waals surface area contributed by atoms with Crippen LogP contribution in [0.4, 0.5) is 0 Å². The fraction of sp³-hybridized carbons (Fsp3) is 0.364. The number of amides is 2. The Hall–Kier alpha value is -3.92. The molecule has 4 heterocycles. The first-order valence-electron chi connectivity index (χ1n) is 14.8. The summed E-state index contributed by atoms with van der Waals surface area (Å²) in [6, 6.07) is 16.8. The van der Waals surface area contributed by atoms with Crippen LogP contribution in [0.1, 0.15) is 36.8 Å². The number of ether oxygens (including phenoxy) is 1. The van der Waals surface area contributed by atoms with E-state index in [9.17, 15) is 9.59 Å². The van der Waals surface area contributed by atoms with Crippen molar-refractivity contribution < 1.29 is 14.3 Å². The standard InChI is InChI=1S/C33H37ClN6O3/c1-40-19-22(16-36-18-24-9-13-31(42)38-24)25-10-6-20(14-29(25)40)26-4-3-5-27(32(26)34)28-11-7-21(33(39-28)43-2)15-35-17-23-8-12-30(41)37-23/h3-7,10-11,14,19,23-24,35-36H,8-9,12-13,15-18H2,1-2H3,(H,37,41)(H,38,42)/t23-,24-/m0/s1. The van der Waals surface area contributed by atoms with Gasteiger partial charge in [-0.3, -0.25) is 9.59 Å². The van der Waals surface area contributed by atoms with Crippen LogP contribution in [0, 0.1) is 0 Å². The summed E-state index contributed by atoms with van der Waals surface area (Å²) >= 11 is 7.04. The van der Waals surface area contributed by atoms with Crippen molar-refractivity contribution >= 4 is 34.3 Å². The minimum Gasteiger partial charge on any atom is -0.481 e. The molecule has 2 saturated heterocycles. The lowest BCUT2D eigenvalue weighted by atomic mass is 9.99. The van der Waals surface area contributed by atoms with Crippen molar-refractivity contribution in [3.8, 4) is 28.3 Å². The average molecular weight is 601 g/mol. The number of halogens is 1. The van der Waals surface area contributed by atoms with Crippen LogP contribution in [-0.4, -0.2) is 53.6 Å². The number of carbonyl (C=O) groups is 2. The molecular formula is C33H37ClN6O3. The van der Waals surface area contributed by atoms with E-state index in [-0.39, 0.29) is 23.9 Å². The van der Waals surface area contributed by atoms with Gasteiger partial charge in [-0.1, -0.05) is 48.0 Å². The molecule has 0 bridgehead atoms. The molecule has 0 radical (unpaired) electrons. The van der Waals surface area contributed by atoms with Crippen molar-refractivity contribution in [2.24, 2.45) is 7.05 Å². The number of nitrogens with zero attached hydrogens (tertiary/aromatic N) is 2. The number of methoxy groups -OCH3 is 1. The molecule has 10 heteroatoms. The van der Waals surface area contributed by atoms with Crippen LogP contribution < -0.4 is 26.0 Å². The number of benzene rings is 2. The van der Waals surface area contributed by atoms with E-state index in [1.54, 1.807) is 7.11 Å². The minimum atomic E-state index is 0.114. The van der Waals surface area contributed by atoms with Crippen molar-refractivity contribution in [1.29, 1.82) is 0 Å². The molecule has 6 rings (SSSR count). The molecule has 0 aliphatic carbocycles. The normalized spacial score (nSPS) is 18.3. The number of pyridine rings is 1. The zero-order valence-corrected chi connectivity index (χ0v) is 25.3. The van der Waals surface area contributed by atoms with Gasteiger partial charge in [0.25, 0.3) is 0 Å². The third-order valence-electron chi connectivity index (χ3n) is 8.37. The molecule has 4 aromatic rings. The number of carbonyl (C=O) groups excluding carboxylic acids is 2. The maximum atomic E-state index is 11.5. The van der Waals surface area contributed by atoms with Gasteiger partial charge in [0.1, 0.15) is 0 Å². The van der Waals surface area contributed by atoms with Gasteiger partial charge < -0.3 is 30.6 Å². The molecule has 43 heavy (non-hydrogen) atoms. The number of rotatable bonds is 11. The van der Waals surface area contributed by atoms with Crippen LogP contribution in [0.15, 0.2) is 54.7 Å². The Morgan fingerprint density at radius 2 is 1.60 bits per heavy atom. The maximum Gasteiger partial charge on any atom is 0.220 e. The molecular weight excluding hydrogens is 564 g/mol. The third kappa shape index (κ3) is 6.39. The summed E-state index contributed by atoms with van der Waals surface area (Å²) in [6.45, 7) is 2.78. The van der Waals surface area contributed by atoms with Crippen molar-refractivity contribution in [3.05, 3.63) is 70.9 Å². The molecule has 0 saturated carbocycles. The summed E-state index contributed by atoms with van der Waals surface area (Å²) in [4.78, 5) is 27.7. The third-order valence-corrected chi connectivity index (χ3v) is 8.78.